The van der Waals surface area contributed by atoms with Crippen molar-refractivity contribution >= 4 is 24.4 Å². The van der Waals surface area contributed by atoms with Gasteiger partial charge in [0.1, 0.15) is 0 Å². The summed E-state index contributed by atoms with van der Waals surface area (Å²) in [4.78, 5) is 27.4. The fourth-order valence-electron chi connectivity index (χ4n) is 2.91. The summed E-state index contributed by atoms with van der Waals surface area (Å²) < 4.78 is 0. The Morgan fingerprint density at radius 1 is 1.12 bits per heavy atom. The van der Waals surface area contributed by atoms with Crippen molar-refractivity contribution in [3.63, 3.8) is 0 Å². The molecule has 2 unspecified atom stereocenters. The molecule has 2 heterocycles. The van der Waals surface area contributed by atoms with Crippen molar-refractivity contribution in [3.05, 3.63) is 0 Å². The van der Waals surface area contributed by atoms with E-state index in [1.165, 1.54) is 12.8 Å². The van der Waals surface area contributed by atoms with Gasteiger partial charge >= 0.3 is 0 Å². The fraction of sp³-hybridized carbons (Fsp3) is 0.833. The molecule has 0 bridgehead atoms. The van der Waals surface area contributed by atoms with E-state index >= 15 is 0 Å². The number of carbonyl (C=O) groups is 2. The molecule has 2 amide bonds. The minimum atomic E-state index is 0.180. The normalized spacial score (nSPS) is 33.9. The number of nitrogens with zero attached hydrogens (tertiary/aromatic N) is 2. The molecule has 2 saturated heterocycles. The molecule has 2 atom stereocenters. The molecule has 5 heteroatoms. The number of hydrogen-bond donors (Lipinski definition) is 1. The second-order valence-corrected chi connectivity index (χ2v) is 6.23. The van der Waals surface area contributed by atoms with E-state index in [1.807, 2.05) is 9.80 Å². The molecule has 0 radical (unpaired) electrons. The van der Waals surface area contributed by atoms with Crippen molar-refractivity contribution in [1.29, 1.82) is 0 Å². The smallest absolute Gasteiger partial charge is 0.223 e. The maximum absolute atomic E-state index is 11.8. The van der Waals surface area contributed by atoms with E-state index in [0.29, 0.717) is 24.8 Å². The third-order valence-corrected chi connectivity index (χ3v) is 4.24. The van der Waals surface area contributed by atoms with Crippen LogP contribution in [0.3, 0.4) is 0 Å². The SMILES string of the molecule is O=C1CC(S)CN1CC1CC(=O)N(C2CC2)C1. The van der Waals surface area contributed by atoms with Crippen LogP contribution in [0, 0.1) is 5.92 Å². The summed E-state index contributed by atoms with van der Waals surface area (Å²) in [5.74, 6) is 0.819. The minimum Gasteiger partial charge on any atom is -0.341 e. The molecular formula is C12H18N2O2S. The Bertz CT molecular complexity index is 356. The average Bonchev–Trinajstić information content (AvgIpc) is 2.96. The third kappa shape index (κ3) is 2.30. The van der Waals surface area contributed by atoms with Crippen molar-refractivity contribution in [1.82, 2.24) is 9.80 Å². The lowest BCUT2D eigenvalue weighted by molar-refractivity contribution is -0.129. The van der Waals surface area contributed by atoms with Gasteiger partial charge in [-0.3, -0.25) is 9.59 Å². The standard InChI is InChI=1S/C12H18N2O2S/c15-11-4-10(17)7-13(11)5-8-3-12(16)14(6-8)9-1-2-9/h8-10,17H,1-7H2. The fourth-order valence-corrected chi connectivity index (χ4v) is 3.26. The van der Waals surface area contributed by atoms with Crippen LogP contribution in [0.2, 0.25) is 0 Å². The molecule has 0 N–H and O–H groups in total. The molecule has 0 spiro atoms. The quantitative estimate of drug-likeness (QED) is 0.746. The van der Waals surface area contributed by atoms with E-state index in [0.717, 1.165) is 19.6 Å². The van der Waals surface area contributed by atoms with E-state index in [-0.39, 0.29) is 17.1 Å². The summed E-state index contributed by atoms with van der Waals surface area (Å²) in [7, 11) is 0. The molecule has 0 aromatic rings. The Morgan fingerprint density at radius 3 is 2.47 bits per heavy atom. The van der Waals surface area contributed by atoms with Crippen LogP contribution in [0.4, 0.5) is 0 Å². The van der Waals surface area contributed by atoms with Gasteiger partial charge in [-0.1, -0.05) is 0 Å². The highest BCUT2D eigenvalue weighted by molar-refractivity contribution is 7.81. The maximum Gasteiger partial charge on any atom is 0.223 e. The highest BCUT2D eigenvalue weighted by Crippen LogP contribution is 2.33. The van der Waals surface area contributed by atoms with Crippen molar-refractivity contribution in [2.75, 3.05) is 19.6 Å². The lowest BCUT2D eigenvalue weighted by Crippen LogP contribution is -2.33. The van der Waals surface area contributed by atoms with Crippen LogP contribution >= 0.6 is 12.6 Å². The van der Waals surface area contributed by atoms with E-state index in [9.17, 15) is 9.59 Å². The van der Waals surface area contributed by atoms with Crippen molar-refractivity contribution in [2.24, 2.45) is 5.92 Å². The molecule has 2 aliphatic heterocycles. The first-order chi connectivity index (χ1) is 8.13. The van der Waals surface area contributed by atoms with Gasteiger partial charge in [0.25, 0.3) is 0 Å². The molecule has 94 valence electrons. The zero-order valence-electron chi connectivity index (χ0n) is 9.84. The van der Waals surface area contributed by atoms with Gasteiger partial charge in [0, 0.05) is 49.7 Å². The summed E-state index contributed by atoms with van der Waals surface area (Å²) in [5, 5.41) is 0.180. The monoisotopic (exact) mass is 254 g/mol. The lowest BCUT2D eigenvalue weighted by atomic mass is 10.1. The maximum atomic E-state index is 11.8. The molecule has 0 aromatic heterocycles. The predicted molar refractivity (Wildman–Crippen MR) is 66.8 cm³/mol. The number of amides is 2. The topological polar surface area (TPSA) is 40.6 Å². The Kier molecular flexibility index (Phi) is 2.81. The molecule has 0 aromatic carbocycles. The second-order valence-electron chi connectivity index (χ2n) is 5.50. The number of hydrogen-bond acceptors (Lipinski definition) is 3. The summed E-state index contributed by atoms with van der Waals surface area (Å²) in [5.41, 5.74) is 0. The highest BCUT2D eigenvalue weighted by atomic mass is 32.1. The van der Waals surface area contributed by atoms with E-state index < -0.39 is 0 Å². The second kappa shape index (κ2) is 4.19. The van der Waals surface area contributed by atoms with E-state index in [2.05, 4.69) is 12.6 Å². The molecule has 1 aliphatic carbocycles. The van der Waals surface area contributed by atoms with Gasteiger partial charge in [-0.05, 0) is 12.8 Å². The Balaban J connectivity index is 1.56. The summed E-state index contributed by atoms with van der Waals surface area (Å²) >= 11 is 4.35. The first-order valence-electron chi connectivity index (χ1n) is 6.39. The first-order valence-corrected chi connectivity index (χ1v) is 6.90. The van der Waals surface area contributed by atoms with Gasteiger partial charge in [0.05, 0.1) is 0 Å². The van der Waals surface area contributed by atoms with Crippen LogP contribution in [0.5, 0.6) is 0 Å². The molecule has 1 saturated carbocycles. The van der Waals surface area contributed by atoms with Crippen LogP contribution in [0.1, 0.15) is 25.7 Å². The van der Waals surface area contributed by atoms with Gasteiger partial charge in [-0.2, -0.15) is 12.6 Å². The number of rotatable bonds is 3. The Morgan fingerprint density at radius 2 is 1.88 bits per heavy atom. The number of carbonyl (C=O) groups excluding carboxylic acids is 2. The van der Waals surface area contributed by atoms with Gasteiger partial charge in [0.2, 0.25) is 11.8 Å². The van der Waals surface area contributed by atoms with Gasteiger partial charge < -0.3 is 9.80 Å². The lowest BCUT2D eigenvalue weighted by Gasteiger charge is -2.21. The Labute approximate surface area is 107 Å². The first kappa shape index (κ1) is 11.4. The summed E-state index contributed by atoms with van der Waals surface area (Å²) in [6.45, 7) is 2.34. The number of thiol groups is 1. The van der Waals surface area contributed by atoms with Crippen molar-refractivity contribution in [2.45, 2.75) is 37.0 Å². The Hall–Kier alpha value is -0.710. The largest absolute Gasteiger partial charge is 0.341 e. The number of likely N-dealkylation sites (tertiary alicyclic amines) is 2. The van der Waals surface area contributed by atoms with E-state index in [1.54, 1.807) is 0 Å². The molecule has 4 nitrogen and oxygen atoms in total. The molecule has 3 rings (SSSR count). The molecule has 3 fully saturated rings. The van der Waals surface area contributed by atoms with Crippen LogP contribution in [0.15, 0.2) is 0 Å². The summed E-state index contributed by atoms with van der Waals surface area (Å²) in [6, 6.07) is 0.513. The van der Waals surface area contributed by atoms with Crippen molar-refractivity contribution in [3.8, 4) is 0 Å². The zero-order chi connectivity index (χ0) is 12.0. The van der Waals surface area contributed by atoms with Crippen LogP contribution in [0.25, 0.3) is 0 Å². The van der Waals surface area contributed by atoms with Crippen LogP contribution < -0.4 is 0 Å². The molecule has 3 aliphatic rings. The summed E-state index contributed by atoms with van der Waals surface area (Å²) in [6.07, 6.45) is 3.51. The molecular weight excluding hydrogens is 236 g/mol. The van der Waals surface area contributed by atoms with Gasteiger partial charge in [0.15, 0.2) is 0 Å². The minimum absolute atomic E-state index is 0.180. The van der Waals surface area contributed by atoms with Gasteiger partial charge in [-0.25, -0.2) is 0 Å². The average molecular weight is 254 g/mol. The van der Waals surface area contributed by atoms with E-state index in [4.69, 9.17) is 0 Å². The van der Waals surface area contributed by atoms with Gasteiger partial charge in [-0.15, -0.1) is 0 Å². The van der Waals surface area contributed by atoms with Crippen molar-refractivity contribution < 1.29 is 9.59 Å². The van der Waals surface area contributed by atoms with Crippen LogP contribution in [-0.2, 0) is 9.59 Å². The third-order valence-electron chi connectivity index (χ3n) is 3.90. The molecule has 17 heavy (non-hydrogen) atoms. The predicted octanol–water partition coefficient (Wildman–Crippen LogP) is 0.528. The zero-order valence-corrected chi connectivity index (χ0v) is 10.7. The highest BCUT2D eigenvalue weighted by Gasteiger charge is 2.40. The van der Waals surface area contributed by atoms with Crippen LogP contribution in [-0.4, -0.2) is 52.5 Å².